The Morgan fingerprint density at radius 3 is 2.81 bits per heavy atom. The molecule has 2 amide bonds. The summed E-state index contributed by atoms with van der Waals surface area (Å²) in [6, 6.07) is 8.02. The van der Waals surface area contributed by atoms with Gasteiger partial charge in [-0.15, -0.1) is 0 Å². The number of carbonyl (C=O) groups excluding carboxylic acids is 1. The van der Waals surface area contributed by atoms with Crippen LogP contribution in [-0.4, -0.2) is 62.5 Å². The van der Waals surface area contributed by atoms with Crippen molar-refractivity contribution in [1.82, 2.24) is 15.5 Å². The molecule has 0 bridgehead atoms. The summed E-state index contributed by atoms with van der Waals surface area (Å²) in [4.78, 5) is 15.4. The van der Waals surface area contributed by atoms with Crippen molar-refractivity contribution in [2.24, 2.45) is 11.8 Å². The monoisotopic (exact) mass is 513 g/mol. The Labute approximate surface area is 222 Å². The quantitative estimate of drug-likeness (QED) is 0.330. The number of amides is 2. The zero-order valence-corrected chi connectivity index (χ0v) is 22.8. The van der Waals surface area contributed by atoms with Gasteiger partial charge in [0, 0.05) is 50.7 Å². The molecule has 1 aliphatic heterocycles. The molecule has 1 unspecified atom stereocenters. The summed E-state index contributed by atoms with van der Waals surface area (Å²) in [5.41, 5.74) is 0.660. The minimum Gasteiger partial charge on any atom is -0.464 e. The van der Waals surface area contributed by atoms with Gasteiger partial charge < -0.3 is 29.8 Å². The average Bonchev–Trinajstić information content (AvgIpc) is 3.41. The second-order valence-corrected chi connectivity index (χ2v) is 11.2. The van der Waals surface area contributed by atoms with E-state index in [-0.39, 0.29) is 18.0 Å². The van der Waals surface area contributed by atoms with E-state index in [2.05, 4.69) is 10.6 Å². The molecular weight excluding hydrogens is 466 g/mol. The SMILES string of the molecule is CNCC(CC1CCCCC1)NC(=O)N1CCC[C@@H]([C@@](O)(CCCCOC)c2cccc3occc23)C1. The van der Waals surface area contributed by atoms with Crippen LogP contribution in [0.3, 0.4) is 0 Å². The van der Waals surface area contributed by atoms with Gasteiger partial charge in [0.15, 0.2) is 0 Å². The van der Waals surface area contributed by atoms with Crippen molar-refractivity contribution in [2.75, 3.05) is 40.4 Å². The average molecular weight is 514 g/mol. The Morgan fingerprint density at radius 2 is 2.03 bits per heavy atom. The zero-order valence-electron chi connectivity index (χ0n) is 22.8. The highest BCUT2D eigenvalue weighted by atomic mass is 16.5. The lowest BCUT2D eigenvalue weighted by molar-refractivity contribution is -0.0552. The van der Waals surface area contributed by atoms with Crippen LogP contribution >= 0.6 is 0 Å². The molecule has 1 aliphatic carbocycles. The summed E-state index contributed by atoms with van der Waals surface area (Å²) in [6.45, 7) is 2.74. The number of methoxy groups -OCH3 is 1. The Bertz CT molecular complexity index is 973. The largest absolute Gasteiger partial charge is 0.464 e. The van der Waals surface area contributed by atoms with E-state index in [0.29, 0.717) is 25.5 Å². The molecule has 4 rings (SSSR count). The van der Waals surface area contributed by atoms with Crippen LogP contribution in [0.15, 0.2) is 34.9 Å². The molecule has 1 aromatic heterocycles. The molecule has 0 radical (unpaired) electrons. The van der Waals surface area contributed by atoms with Gasteiger partial charge in [-0.3, -0.25) is 0 Å². The van der Waals surface area contributed by atoms with Crippen LogP contribution in [0.25, 0.3) is 11.0 Å². The topological polar surface area (TPSA) is 87.0 Å². The van der Waals surface area contributed by atoms with E-state index in [1.807, 2.05) is 36.2 Å². The van der Waals surface area contributed by atoms with Crippen LogP contribution in [0, 0.1) is 11.8 Å². The minimum atomic E-state index is -1.04. The van der Waals surface area contributed by atoms with Crippen LogP contribution in [0.4, 0.5) is 4.79 Å². The van der Waals surface area contributed by atoms with Crippen molar-refractivity contribution in [2.45, 2.75) is 82.3 Å². The fourth-order valence-corrected chi connectivity index (χ4v) is 6.65. The smallest absolute Gasteiger partial charge is 0.317 e. The van der Waals surface area contributed by atoms with Crippen LogP contribution < -0.4 is 10.6 Å². The standard InChI is InChI=1S/C30H47N3O4/c1-31-21-25(20-23-10-4-3-5-11-23)32-29(34)33-17-9-12-24(22-33)30(35,16-6-7-18-36-2)27-13-8-14-28-26(27)15-19-37-28/h8,13-15,19,23-25,31,35H,3-7,9-12,16-18,20-22H2,1-2H3,(H,32,34)/t24-,25?,30+/m1/s1. The highest BCUT2D eigenvalue weighted by Gasteiger charge is 2.42. The number of hydrogen-bond donors (Lipinski definition) is 3. The van der Waals surface area contributed by atoms with Crippen LogP contribution in [-0.2, 0) is 10.3 Å². The molecular formula is C30H47N3O4. The number of nitrogens with one attached hydrogen (secondary N) is 2. The maximum absolute atomic E-state index is 13.5. The Hall–Kier alpha value is -2.09. The lowest BCUT2D eigenvalue weighted by atomic mass is 9.73. The number of unbranched alkanes of at least 4 members (excludes halogenated alkanes) is 1. The number of furan rings is 1. The van der Waals surface area contributed by atoms with Gasteiger partial charge >= 0.3 is 6.03 Å². The highest BCUT2D eigenvalue weighted by Crippen LogP contribution is 2.42. The second kappa shape index (κ2) is 13.6. The number of ether oxygens (including phenoxy) is 1. The third kappa shape index (κ3) is 7.06. The lowest BCUT2D eigenvalue weighted by Crippen LogP contribution is -2.54. The summed E-state index contributed by atoms with van der Waals surface area (Å²) in [5, 5.41) is 19.9. The first-order chi connectivity index (χ1) is 18.0. The molecule has 7 heteroatoms. The van der Waals surface area contributed by atoms with Gasteiger partial charge in [-0.25, -0.2) is 4.79 Å². The van der Waals surface area contributed by atoms with Gasteiger partial charge in [-0.2, -0.15) is 0 Å². The molecule has 37 heavy (non-hydrogen) atoms. The Kier molecular flexibility index (Phi) is 10.3. The molecule has 1 aromatic carbocycles. The second-order valence-electron chi connectivity index (χ2n) is 11.2. The van der Waals surface area contributed by atoms with E-state index >= 15 is 0 Å². The predicted molar refractivity (Wildman–Crippen MR) is 148 cm³/mol. The first kappa shape index (κ1) is 27.9. The number of rotatable bonds is 12. The normalized spacial score (nSPS) is 21.6. The number of nitrogens with zero attached hydrogens (tertiary/aromatic N) is 1. The number of aliphatic hydroxyl groups is 1. The molecule has 7 nitrogen and oxygen atoms in total. The maximum atomic E-state index is 13.5. The van der Waals surface area contributed by atoms with Gasteiger partial charge in [0.25, 0.3) is 0 Å². The number of carbonyl (C=O) groups is 1. The molecule has 2 aliphatic rings. The highest BCUT2D eigenvalue weighted by molar-refractivity contribution is 5.82. The molecule has 2 heterocycles. The molecule has 1 saturated carbocycles. The molecule has 3 N–H and O–H groups in total. The summed E-state index contributed by atoms with van der Waals surface area (Å²) in [7, 11) is 3.67. The van der Waals surface area contributed by atoms with E-state index in [1.54, 1.807) is 13.4 Å². The first-order valence-corrected chi connectivity index (χ1v) is 14.4. The third-order valence-corrected chi connectivity index (χ3v) is 8.62. The fraction of sp³-hybridized carbons (Fsp3) is 0.700. The van der Waals surface area contributed by atoms with Crippen molar-refractivity contribution >= 4 is 17.0 Å². The number of benzene rings is 1. The van der Waals surface area contributed by atoms with Gasteiger partial charge in [-0.05, 0) is 69.2 Å². The number of urea groups is 1. The predicted octanol–water partition coefficient (Wildman–Crippen LogP) is 5.42. The van der Waals surface area contributed by atoms with Crippen molar-refractivity contribution in [3.63, 3.8) is 0 Å². The van der Waals surface area contributed by atoms with Gasteiger partial charge in [0.1, 0.15) is 5.58 Å². The van der Waals surface area contributed by atoms with Crippen molar-refractivity contribution in [3.8, 4) is 0 Å². The third-order valence-electron chi connectivity index (χ3n) is 8.62. The van der Waals surface area contributed by atoms with Gasteiger partial charge in [-0.1, -0.05) is 44.2 Å². The van der Waals surface area contributed by atoms with E-state index < -0.39 is 5.60 Å². The van der Waals surface area contributed by atoms with Gasteiger partial charge in [0.05, 0.1) is 11.9 Å². The first-order valence-electron chi connectivity index (χ1n) is 14.4. The van der Waals surface area contributed by atoms with Crippen LogP contribution in [0.1, 0.15) is 76.2 Å². The molecule has 0 spiro atoms. The van der Waals surface area contributed by atoms with E-state index in [9.17, 15) is 9.90 Å². The summed E-state index contributed by atoms with van der Waals surface area (Å²) >= 11 is 0. The Morgan fingerprint density at radius 1 is 1.19 bits per heavy atom. The maximum Gasteiger partial charge on any atom is 0.317 e. The van der Waals surface area contributed by atoms with E-state index in [1.165, 1.54) is 32.1 Å². The van der Waals surface area contributed by atoms with Crippen molar-refractivity contribution < 1.29 is 19.1 Å². The zero-order chi connectivity index (χ0) is 26.1. The van der Waals surface area contributed by atoms with E-state index in [0.717, 1.165) is 61.7 Å². The molecule has 1 saturated heterocycles. The molecule has 2 aromatic rings. The minimum absolute atomic E-state index is 0.00371. The number of likely N-dealkylation sites (N-methyl/N-ethyl adjacent to an activating group) is 1. The summed E-state index contributed by atoms with van der Waals surface area (Å²) < 4.78 is 10.9. The molecule has 206 valence electrons. The molecule has 2 fully saturated rings. The summed E-state index contributed by atoms with van der Waals surface area (Å²) in [6.07, 6.45) is 13.4. The number of piperidine rings is 1. The van der Waals surface area contributed by atoms with Crippen molar-refractivity contribution in [1.29, 1.82) is 0 Å². The number of hydrogen-bond acceptors (Lipinski definition) is 5. The molecule has 3 atom stereocenters. The van der Waals surface area contributed by atoms with E-state index in [4.69, 9.17) is 9.15 Å². The van der Waals surface area contributed by atoms with Gasteiger partial charge in [0.2, 0.25) is 0 Å². The lowest BCUT2D eigenvalue weighted by Gasteiger charge is -2.43. The van der Waals surface area contributed by atoms with Crippen LogP contribution in [0.2, 0.25) is 0 Å². The summed E-state index contributed by atoms with van der Waals surface area (Å²) in [5.74, 6) is 0.658. The fourth-order valence-electron chi connectivity index (χ4n) is 6.65. The Balaban J connectivity index is 1.48. The number of fused-ring (bicyclic) bond motifs is 1. The van der Waals surface area contributed by atoms with Crippen molar-refractivity contribution in [3.05, 3.63) is 36.1 Å². The van der Waals surface area contributed by atoms with Crippen LogP contribution in [0.5, 0.6) is 0 Å². The number of likely N-dealkylation sites (tertiary alicyclic amines) is 1.